The maximum Gasteiger partial charge on any atom is 0.317 e. The Morgan fingerprint density at radius 3 is 2.94 bits per heavy atom. The largest absolute Gasteiger partial charge is 0.468 e. The van der Waals surface area contributed by atoms with Crippen LogP contribution in [0.1, 0.15) is 18.5 Å². The minimum absolute atomic E-state index is 0.0469. The molecule has 1 saturated carbocycles. The Hall–Kier alpha value is -2.11. The summed E-state index contributed by atoms with van der Waals surface area (Å²) in [7, 11) is 1.37. The highest BCUT2D eigenvalue weighted by Crippen LogP contribution is 2.49. The molecule has 0 atom stereocenters. The summed E-state index contributed by atoms with van der Waals surface area (Å²) in [5.41, 5.74) is 0.564. The van der Waals surface area contributed by atoms with Gasteiger partial charge in [0.15, 0.2) is 6.61 Å². The van der Waals surface area contributed by atoms with E-state index in [9.17, 15) is 9.59 Å². The number of aromatic nitrogens is 1. The van der Waals surface area contributed by atoms with Crippen LogP contribution in [0.25, 0.3) is 0 Å². The first-order chi connectivity index (χ1) is 8.65. The third kappa shape index (κ3) is 1.53. The van der Waals surface area contributed by atoms with Crippen molar-refractivity contribution in [2.24, 2.45) is 0 Å². The molecule has 0 radical (unpaired) electrons. The summed E-state index contributed by atoms with van der Waals surface area (Å²) in [4.78, 5) is 27.2. The topological polar surface area (TPSA) is 77.5 Å². The van der Waals surface area contributed by atoms with Crippen LogP contribution in [0.4, 0.5) is 5.69 Å². The summed E-state index contributed by atoms with van der Waals surface area (Å²) in [5.74, 6) is -0.108. The van der Waals surface area contributed by atoms with Crippen molar-refractivity contribution in [1.82, 2.24) is 4.98 Å². The number of carbonyl (C=O) groups is 2. The summed E-state index contributed by atoms with van der Waals surface area (Å²) in [6.07, 6.45) is 1.47. The number of pyridine rings is 1. The lowest BCUT2D eigenvalue weighted by Gasteiger charge is -2.19. The van der Waals surface area contributed by atoms with E-state index in [4.69, 9.17) is 9.47 Å². The van der Waals surface area contributed by atoms with E-state index in [1.54, 1.807) is 12.1 Å². The molecular weight excluding hydrogens is 236 g/mol. The van der Waals surface area contributed by atoms with Crippen LogP contribution < -0.4 is 10.1 Å². The zero-order valence-corrected chi connectivity index (χ0v) is 9.86. The lowest BCUT2D eigenvalue weighted by atomic mass is 10.0. The number of hydrogen-bond donors (Lipinski definition) is 1. The summed E-state index contributed by atoms with van der Waals surface area (Å²) >= 11 is 0. The number of methoxy groups -OCH3 is 1. The molecule has 0 spiro atoms. The van der Waals surface area contributed by atoms with Gasteiger partial charge in [0.1, 0.15) is 11.1 Å². The van der Waals surface area contributed by atoms with Gasteiger partial charge in [-0.3, -0.25) is 9.59 Å². The Bertz CT molecular complexity index is 537. The van der Waals surface area contributed by atoms with E-state index >= 15 is 0 Å². The average Bonchev–Trinajstić information content (AvgIpc) is 3.18. The Labute approximate surface area is 103 Å². The second-order valence-corrected chi connectivity index (χ2v) is 4.46. The minimum atomic E-state index is -0.616. The Morgan fingerprint density at radius 1 is 1.50 bits per heavy atom. The van der Waals surface area contributed by atoms with Crippen molar-refractivity contribution in [1.29, 1.82) is 0 Å². The first kappa shape index (κ1) is 11.0. The molecule has 0 saturated heterocycles. The standard InChI is InChI=1S/C12H12N2O4/c1-17-11(16)12(4-5-12)8-3-2-7-10(14-8)18-6-9(15)13-7/h2-3H,4-6H2,1H3,(H,13,15). The van der Waals surface area contributed by atoms with Crippen molar-refractivity contribution in [2.45, 2.75) is 18.3 Å². The number of hydrogen-bond acceptors (Lipinski definition) is 5. The number of rotatable bonds is 2. The van der Waals surface area contributed by atoms with Gasteiger partial charge in [0.25, 0.3) is 5.91 Å². The third-order valence-corrected chi connectivity index (χ3v) is 3.29. The third-order valence-electron chi connectivity index (χ3n) is 3.29. The predicted octanol–water partition coefficient (Wildman–Crippen LogP) is 0.617. The van der Waals surface area contributed by atoms with E-state index in [-0.39, 0.29) is 18.5 Å². The van der Waals surface area contributed by atoms with Crippen LogP contribution in [0.5, 0.6) is 5.88 Å². The summed E-state index contributed by atoms with van der Waals surface area (Å²) in [6.45, 7) is -0.0469. The van der Waals surface area contributed by atoms with Crippen molar-refractivity contribution >= 4 is 17.6 Å². The fraction of sp³-hybridized carbons (Fsp3) is 0.417. The fourth-order valence-corrected chi connectivity index (χ4v) is 2.12. The van der Waals surface area contributed by atoms with Gasteiger partial charge in [0.05, 0.1) is 12.8 Å². The van der Waals surface area contributed by atoms with Crippen LogP contribution >= 0.6 is 0 Å². The van der Waals surface area contributed by atoms with E-state index in [2.05, 4.69) is 10.3 Å². The van der Waals surface area contributed by atoms with E-state index in [0.29, 0.717) is 17.3 Å². The van der Waals surface area contributed by atoms with Crippen molar-refractivity contribution in [2.75, 3.05) is 19.0 Å². The van der Waals surface area contributed by atoms with Crippen LogP contribution in [0.3, 0.4) is 0 Å². The average molecular weight is 248 g/mol. The van der Waals surface area contributed by atoms with Gasteiger partial charge in [-0.2, -0.15) is 0 Å². The van der Waals surface area contributed by atoms with E-state index in [1.807, 2.05) is 0 Å². The molecule has 1 amide bonds. The quantitative estimate of drug-likeness (QED) is 0.776. The number of ether oxygens (including phenoxy) is 2. The van der Waals surface area contributed by atoms with Crippen molar-refractivity contribution in [3.63, 3.8) is 0 Å². The van der Waals surface area contributed by atoms with Gasteiger partial charge in [0.2, 0.25) is 5.88 Å². The van der Waals surface area contributed by atoms with Crippen molar-refractivity contribution in [3.8, 4) is 5.88 Å². The number of nitrogens with zero attached hydrogens (tertiary/aromatic N) is 1. The van der Waals surface area contributed by atoms with Gasteiger partial charge in [-0.1, -0.05) is 0 Å². The van der Waals surface area contributed by atoms with Crippen LogP contribution in [0, 0.1) is 0 Å². The van der Waals surface area contributed by atoms with E-state index in [1.165, 1.54) is 7.11 Å². The zero-order chi connectivity index (χ0) is 12.8. The molecule has 1 aromatic heterocycles. The van der Waals surface area contributed by atoms with E-state index < -0.39 is 5.41 Å². The number of nitrogens with one attached hydrogen (secondary N) is 1. The maximum absolute atomic E-state index is 11.7. The normalized spacial score (nSPS) is 19.3. The molecule has 6 heteroatoms. The number of amides is 1. The molecule has 1 fully saturated rings. The number of fused-ring (bicyclic) bond motifs is 1. The summed E-state index contributed by atoms with van der Waals surface area (Å²) in [5, 5.41) is 2.66. The number of carbonyl (C=O) groups excluding carboxylic acids is 2. The molecule has 2 aliphatic rings. The molecule has 0 bridgehead atoms. The Balaban J connectivity index is 1.96. The summed E-state index contributed by atoms with van der Waals surface area (Å²) in [6, 6.07) is 3.44. The number of esters is 1. The van der Waals surface area contributed by atoms with Gasteiger partial charge >= 0.3 is 5.97 Å². The van der Waals surface area contributed by atoms with Crippen LogP contribution in [0.15, 0.2) is 12.1 Å². The van der Waals surface area contributed by atoms with Gasteiger partial charge in [-0.05, 0) is 25.0 Å². The Kier molecular flexibility index (Phi) is 2.26. The summed E-state index contributed by atoms with van der Waals surface area (Å²) < 4.78 is 10.0. The van der Waals surface area contributed by atoms with Crippen LogP contribution in [0.2, 0.25) is 0 Å². The SMILES string of the molecule is COC(=O)C1(c2ccc3c(n2)OCC(=O)N3)CC1. The molecule has 0 aromatic carbocycles. The van der Waals surface area contributed by atoms with Gasteiger partial charge < -0.3 is 14.8 Å². The lowest BCUT2D eigenvalue weighted by molar-refractivity contribution is -0.143. The molecule has 3 rings (SSSR count). The highest BCUT2D eigenvalue weighted by atomic mass is 16.5. The molecule has 6 nitrogen and oxygen atoms in total. The first-order valence-corrected chi connectivity index (χ1v) is 5.68. The predicted molar refractivity (Wildman–Crippen MR) is 61.3 cm³/mol. The van der Waals surface area contributed by atoms with Gasteiger partial charge in [-0.15, -0.1) is 0 Å². The highest BCUT2D eigenvalue weighted by molar-refractivity contribution is 5.95. The Morgan fingerprint density at radius 2 is 2.28 bits per heavy atom. The van der Waals surface area contributed by atoms with E-state index in [0.717, 1.165) is 12.8 Å². The molecule has 1 N–H and O–H groups in total. The number of anilines is 1. The lowest BCUT2D eigenvalue weighted by Crippen LogP contribution is -2.28. The van der Waals surface area contributed by atoms with Gasteiger partial charge in [0, 0.05) is 0 Å². The molecule has 2 heterocycles. The van der Waals surface area contributed by atoms with Crippen molar-refractivity contribution in [3.05, 3.63) is 17.8 Å². The molecule has 1 aliphatic heterocycles. The minimum Gasteiger partial charge on any atom is -0.468 e. The van der Waals surface area contributed by atoms with Crippen LogP contribution in [-0.2, 0) is 19.7 Å². The van der Waals surface area contributed by atoms with Crippen LogP contribution in [-0.4, -0.2) is 30.6 Å². The second kappa shape index (κ2) is 3.69. The second-order valence-electron chi connectivity index (χ2n) is 4.46. The molecule has 94 valence electrons. The van der Waals surface area contributed by atoms with Gasteiger partial charge in [-0.25, -0.2) is 4.98 Å². The smallest absolute Gasteiger partial charge is 0.317 e. The zero-order valence-electron chi connectivity index (χ0n) is 9.86. The fourth-order valence-electron chi connectivity index (χ4n) is 2.12. The monoisotopic (exact) mass is 248 g/mol. The molecule has 0 unspecified atom stereocenters. The highest BCUT2D eigenvalue weighted by Gasteiger charge is 2.54. The molecule has 1 aliphatic carbocycles. The molecule has 18 heavy (non-hydrogen) atoms. The maximum atomic E-state index is 11.7. The van der Waals surface area contributed by atoms with Crippen molar-refractivity contribution < 1.29 is 19.1 Å². The molecule has 1 aromatic rings. The molecular formula is C12H12N2O4. The first-order valence-electron chi connectivity index (χ1n) is 5.68.